The number of nitrogens with one attached hydrogen (secondary N) is 1. The van der Waals surface area contributed by atoms with E-state index < -0.39 is 23.5 Å². The summed E-state index contributed by atoms with van der Waals surface area (Å²) >= 11 is 8.89. The number of thiophene rings is 2. The Bertz CT molecular complexity index is 1450. The number of nitriles is 1. The number of amides is 1. The van der Waals surface area contributed by atoms with Crippen LogP contribution in [0.3, 0.4) is 0 Å². The minimum absolute atomic E-state index is 0.0809. The number of rotatable bonds is 3. The van der Waals surface area contributed by atoms with Crippen LogP contribution in [0.2, 0.25) is 5.02 Å². The number of hydrogen-bond acceptors (Lipinski definition) is 6. The van der Waals surface area contributed by atoms with Crippen molar-refractivity contribution in [3.8, 4) is 16.6 Å². The molecule has 0 fully saturated rings. The van der Waals surface area contributed by atoms with Gasteiger partial charge in [-0.1, -0.05) is 24.1 Å². The number of anilines is 1. The van der Waals surface area contributed by atoms with E-state index in [0.717, 1.165) is 48.6 Å². The van der Waals surface area contributed by atoms with Crippen molar-refractivity contribution in [2.75, 3.05) is 5.32 Å². The van der Waals surface area contributed by atoms with Crippen LogP contribution in [0, 0.1) is 11.3 Å². The van der Waals surface area contributed by atoms with Gasteiger partial charge in [-0.3, -0.25) is 4.79 Å². The SMILES string of the molecule is N#Cc1c(NC(=O)c2nn3c(C(F)(F)F)cc(-c4cccs4)nc3c2Cl)sc2c1CCCCC2. The lowest BCUT2D eigenvalue weighted by Gasteiger charge is -2.10. The standard InChI is InChI=1S/C22H15ClF3N5OS2/c23-17-18(20(32)29-21-12(10-27)11-5-2-1-3-6-14(11)34-21)30-31-16(22(24,25)26)9-13(28-19(17)31)15-7-4-8-33-15/h4,7-9H,1-3,5-6H2,(H,29,32). The average Bonchev–Trinajstić information content (AvgIpc) is 3.47. The zero-order valence-electron chi connectivity index (χ0n) is 17.4. The Hall–Kier alpha value is -2.94. The minimum atomic E-state index is -4.75. The van der Waals surface area contributed by atoms with E-state index in [9.17, 15) is 23.2 Å². The highest BCUT2D eigenvalue weighted by molar-refractivity contribution is 7.16. The number of carbonyl (C=O) groups is 1. The molecule has 0 aliphatic heterocycles. The van der Waals surface area contributed by atoms with Crippen molar-refractivity contribution in [2.24, 2.45) is 0 Å². The number of fused-ring (bicyclic) bond motifs is 2. The molecule has 6 nitrogen and oxygen atoms in total. The first-order valence-electron chi connectivity index (χ1n) is 10.3. The first-order valence-corrected chi connectivity index (χ1v) is 12.4. The lowest BCUT2D eigenvalue weighted by atomic mass is 10.1. The number of halogens is 4. The number of hydrogen-bond donors (Lipinski definition) is 1. The summed E-state index contributed by atoms with van der Waals surface area (Å²) in [7, 11) is 0. The Kier molecular flexibility index (Phi) is 5.83. The molecule has 1 aliphatic rings. The molecule has 174 valence electrons. The Morgan fingerprint density at radius 3 is 2.76 bits per heavy atom. The van der Waals surface area contributed by atoms with Gasteiger partial charge in [0.05, 0.1) is 16.1 Å². The number of aryl methyl sites for hydroxylation is 1. The van der Waals surface area contributed by atoms with Crippen LogP contribution in [0.5, 0.6) is 0 Å². The fourth-order valence-corrected chi connectivity index (χ4v) is 6.17. The highest BCUT2D eigenvalue weighted by Gasteiger charge is 2.37. The predicted octanol–water partition coefficient (Wildman–Crippen LogP) is 6.58. The molecule has 4 aromatic heterocycles. The van der Waals surface area contributed by atoms with Crippen LogP contribution in [0.25, 0.3) is 16.2 Å². The van der Waals surface area contributed by atoms with Gasteiger partial charge in [0.25, 0.3) is 5.91 Å². The molecule has 0 unspecified atom stereocenters. The van der Waals surface area contributed by atoms with Crippen molar-refractivity contribution in [2.45, 2.75) is 38.3 Å². The van der Waals surface area contributed by atoms with Crippen molar-refractivity contribution in [3.05, 3.63) is 56.0 Å². The van der Waals surface area contributed by atoms with Gasteiger partial charge >= 0.3 is 6.18 Å². The van der Waals surface area contributed by atoms with Crippen molar-refractivity contribution < 1.29 is 18.0 Å². The molecule has 0 saturated heterocycles. The fourth-order valence-electron chi connectivity index (χ4n) is 4.00. The first kappa shape index (κ1) is 22.8. The summed E-state index contributed by atoms with van der Waals surface area (Å²) in [5, 5.41) is 18.0. The molecule has 1 aliphatic carbocycles. The largest absolute Gasteiger partial charge is 0.433 e. The molecule has 0 saturated carbocycles. The summed E-state index contributed by atoms with van der Waals surface area (Å²) in [5.41, 5.74) is -0.352. The van der Waals surface area contributed by atoms with Gasteiger partial charge in [0.15, 0.2) is 17.0 Å². The zero-order valence-corrected chi connectivity index (χ0v) is 19.8. The average molecular weight is 522 g/mol. The quantitative estimate of drug-likeness (QED) is 0.308. The third-order valence-corrected chi connectivity index (χ3v) is 8.02. The van der Waals surface area contributed by atoms with Gasteiger partial charge in [-0.2, -0.15) is 23.5 Å². The van der Waals surface area contributed by atoms with E-state index in [-0.39, 0.29) is 16.4 Å². The van der Waals surface area contributed by atoms with Crippen molar-refractivity contribution in [1.82, 2.24) is 14.6 Å². The number of nitrogens with zero attached hydrogens (tertiary/aromatic N) is 4. The zero-order chi connectivity index (χ0) is 24.0. The van der Waals surface area contributed by atoms with Crippen LogP contribution in [-0.2, 0) is 19.0 Å². The topological polar surface area (TPSA) is 83.1 Å². The van der Waals surface area contributed by atoms with Gasteiger partial charge in [-0.25, -0.2) is 9.50 Å². The maximum Gasteiger partial charge on any atom is 0.433 e. The lowest BCUT2D eigenvalue weighted by molar-refractivity contribution is -0.142. The minimum Gasteiger partial charge on any atom is -0.311 e. The maximum absolute atomic E-state index is 13.8. The highest BCUT2D eigenvalue weighted by Crippen LogP contribution is 2.38. The Balaban J connectivity index is 1.58. The highest BCUT2D eigenvalue weighted by atomic mass is 35.5. The van der Waals surface area contributed by atoms with Gasteiger partial charge in [0, 0.05) is 4.88 Å². The van der Waals surface area contributed by atoms with E-state index in [1.165, 1.54) is 22.7 Å². The normalized spacial score (nSPS) is 14.0. The van der Waals surface area contributed by atoms with Crippen molar-refractivity contribution >= 4 is 50.8 Å². The predicted molar refractivity (Wildman–Crippen MR) is 125 cm³/mol. The second-order valence-electron chi connectivity index (χ2n) is 7.73. The summed E-state index contributed by atoms with van der Waals surface area (Å²) in [5.74, 6) is -0.797. The number of carbonyl (C=O) groups excluding carboxylic acids is 1. The molecule has 34 heavy (non-hydrogen) atoms. The van der Waals surface area contributed by atoms with Gasteiger partial charge in [0.1, 0.15) is 16.1 Å². The van der Waals surface area contributed by atoms with E-state index in [1.807, 2.05) is 0 Å². The molecule has 4 aromatic rings. The molecule has 5 rings (SSSR count). The molecule has 0 atom stereocenters. The Labute approximate surface area is 204 Å². The molecule has 12 heteroatoms. The molecule has 0 aromatic carbocycles. The third kappa shape index (κ3) is 3.96. The van der Waals surface area contributed by atoms with E-state index in [0.29, 0.717) is 20.0 Å². The van der Waals surface area contributed by atoms with Crippen LogP contribution < -0.4 is 5.32 Å². The Morgan fingerprint density at radius 2 is 2.06 bits per heavy atom. The third-order valence-electron chi connectivity index (χ3n) is 5.57. The van der Waals surface area contributed by atoms with E-state index in [1.54, 1.807) is 17.5 Å². The monoisotopic (exact) mass is 521 g/mol. The van der Waals surface area contributed by atoms with Crippen molar-refractivity contribution in [1.29, 1.82) is 5.26 Å². The molecule has 1 amide bonds. The lowest BCUT2D eigenvalue weighted by Crippen LogP contribution is -2.15. The molecular formula is C22H15ClF3N5OS2. The van der Waals surface area contributed by atoms with E-state index in [2.05, 4.69) is 21.5 Å². The first-order chi connectivity index (χ1) is 16.3. The molecule has 1 N–H and O–H groups in total. The second-order valence-corrected chi connectivity index (χ2v) is 10.2. The van der Waals surface area contributed by atoms with Crippen LogP contribution in [0.15, 0.2) is 23.6 Å². The molecule has 4 heterocycles. The van der Waals surface area contributed by atoms with Crippen LogP contribution in [0.4, 0.5) is 18.2 Å². The van der Waals surface area contributed by atoms with Crippen LogP contribution in [0.1, 0.15) is 51.4 Å². The molecule has 0 spiro atoms. The summed E-state index contributed by atoms with van der Waals surface area (Å²) in [6, 6.07) is 6.39. The fraction of sp³-hybridized carbons (Fsp3) is 0.273. The molecular weight excluding hydrogens is 507 g/mol. The van der Waals surface area contributed by atoms with Gasteiger partial charge in [-0.05, 0) is 48.8 Å². The van der Waals surface area contributed by atoms with Crippen molar-refractivity contribution in [3.63, 3.8) is 0 Å². The molecule has 0 bridgehead atoms. The van der Waals surface area contributed by atoms with Crippen LogP contribution in [-0.4, -0.2) is 20.5 Å². The molecule has 0 radical (unpaired) electrons. The summed E-state index contributed by atoms with van der Waals surface area (Å²) in [6.07, 6.45) is -0.137. The summed E-state index contributed by atoms with van der Waals surface area (Å²) in [6.45, 7) is 0. The van der Waals surface area contributed by atoms with Gasteiger partial charge in [0.2, 0.25) is 0 Å². The Morgan fingerprint density at radius 1 is 1.26 bits per heavy atom. The summed E-state index contributed by atoms with van der Waals surface area (Å²) in [4.78, 5) is 18.9. The smallest absolute Gasteiger partial charge is 0.311 e. The van der Waals surface area contributed by atoms with Gasteiger partial charge < -0.3 is 5.32 Å². The van der Waals surface area contributed by atoms with E-state index in [4.69, 9.17) is 11.6 Å². The van der Waals surface area contributed by atoms with Gasteiger partial charge in [-0.15, -0.1) is 22.7 Å². The second kappa shape index (κ2) is 8.69. The maximum atomic E-state index is 13.8. The van der Waals surface area contributed by atoms with Crippen LogP contribution >= 0.6 is 34.3 Å². The van der Waals surface area contributed by atoms with E-state index >= 15 is 0 Å². The summed E-state index contributed by atoms with van der Waals surface area (Å²) < 4.78 is 42.0. The number of alkyl halides is 3. The number of aromatic nitrogens is 3.